The van der Waals surface area contributed by atoms with Crippen LogP contribution < -0.4 is 15.5 Å². The van der Waals surface area contributed by atoms with Crippen molar-refractivity contribution in [1.82, 2.24) is 21.0 Å². The quantitative estimate of drug-likeness (QED) is 0.443. The van der Waals surface area contributed by atoms with Crippen LogP contribution >= 0.6 is 0 Å². The van der Waals surface area contributed by atoms with Gasteiger partial charge in [0.15, 0.2) is 0 Å². The molecule has 0 saturated carbocycles. The molecule has 12 heteroatoms. The van der Waals surface area contributed by atoms with Gasteiger partial charge in [0.25, 0.3) is 17.7 Å². The van der Waals surface area contributed by atoms with E-state index in [-0.39, 0.29) is 36.4 Å². The number of fused-ring (bicyclic) bond motifs is 1. The van der Waals surface area contributed by atoms with E-state index in [0.717, 1.165) is 23.8 Å². The number of rotatable bonds is 6. The maximum absolute atomic E-state index is 15.0. The van der Waals surface area contributed by atoms with Crippen LogP contribution in [-0.2, 0) is 29.9 Å². The number of carbonyl (C=O) groups is 1. The Balaban J connectivity index is 1.66. The standard InChI is InChI=1S/C25H23F5N4O3/c1-14-6-7-19(15(2)10-14)24(26,27)13-31-22(35)21-18-8-9-36-32-12-20(18)33-34-23(21)37-17-5-3-4-16(11-17)25(28,29)30/h3-7,10-11,32H,8-9,12-13H2,1-2H3,(H,31,35). The fourth-order valence-electron chi connectivity index (χ4n) is 4.00. The van der Waals surface area contributed by atoms with Crippen LogP contribution in [0.2, 0.25) is 0 Å². The first-order valence-corrected chi connectivity index (χ1v) is 11.3. The predicted octanol–water partition coefficient (Wildman–Crippen LogP) is 5.00. The number of amides is 1. The molecule has 2 aromatic carbocycles. The number of nitrogens with zero attached hydrogens (tertiary/aromatic N) is 2. The Bertz CT molecular complexity index is 1310. The molecule has 0 spiro atoms. The molecular weight excluding hydrogens is 499 g/mol. The summed E-state index contributed by atoms with van der Waals surface area (Å²) >= 11 is 0. The molecule has 0 radical (unpaired) electrons. The van der Waals surface area contributed by atoms with Crippen LogP contribution in [0.1, 0.15) is 43.9 Å². The third-order valence-corrected chi connectivity index (χ3v) is 5.77. The number of alkyl halides is 5. The second-order valence-electron chi connectivity index (χ2n) is 8.56. The minimum absolute atomic E-state index is 0.0746. The van der Waals surface area contributed by atoms with Crippen LogP contribution in [0.25, 0.3) is 0 Å². The van der Waals surface area contributed by atoms with Crippen LogP contribution in [-0.4, -0.2) is 29.3 Å². The number of nitrogens with one attached hydrogen (secondary N) is 2. The fraction of sp³-hybridized carbons (Fsp3) is 0.320. The molecule has 1 aliphatic rings. The number of ether oxygens (including phenoxy) is 1. The summed E-state index contributed by atoms with van der Waals surface area (Å²) in [6.45, 7) is 2.51. The molecule has 3 aromatic rings. The number of hydrogen-bond acceptors (Lipinski definition) is 6. The minimum Gasteiger partial charge on any atom is -0.437 e. The molecule has 0 bridgehead atoms. The zero-order valence-corrected chi connectivity index (χ0v) is 19.9. The minimum atomic E-state index is -4.62. The highest BCUT2D eigenvalue weighted by Gasteiger charge is 2.35. The summed E-state index contributed by atoms with van der Waals surface area (Å²) in [7, 11) is 0. The van der Waals surface area contributed by atoms with Crippen LogP contribution in [0.15, 0.2) is 42.5 Å². The van der Waals surface area contributed by atoms with Crippen LogP contribution in [0, 0.1) is 13.8 Å². The Hall–Kier alpha value is -3.64. The van der Waals surface area contributed by atoms with Crippen molar-refractivity contribution in [3.05, 3.63) is 81.5 Å². The number of aromatic nitrogens is 2. The van der Waals surface area contributed by atoms with Gasteiger partial charge in [-0.25, -0.2) is 0 Å². The second-order valence-corrected chi connectivity index (χ2v) is 8.56. The highest BCUT2D eigenvalue weighted by molar-refractivity contribution is 5.98. The average Bonchev–Trinajstić information content (AvgIpc) is 3.07. The van der Waals surface area contributed by atoms with E-state index in [1.807, 2.05) is 0 Å². The average molecular weight is 522 g/mol. The van der Waals surface area contributed by atoms with E-state index >= 15 is 8.78 Å². The molecule has 0 saturated heterocycles. The van der Waals surface area contributed by atoms with Crippen molar-refractivity contribution < 1.29 is 36.3 Å². The Morgan fingerprint density at radius 1 is 1.11 bits per heavy atom. The highest BCUT2D eigenvalue weighted by atomic mass is 19.4. The Kier molecular flexibility index (Phi) is 7.42. The summed E-state index contributed by atoms with van der Waals surface area (Å²) in [6, 6.07) is 8.47. The molecule has 1 aromatic heterocycles. The van der Waals surface area contributed by atoms with Gasteiger partial charge in [0.1, 0.15) is 11.3 Å². The van der Waals surface area contributed by atoms with Gasteiger partial charge >= 0.3 is 6.18 Å². The molecule has 37 heavy (non-hydrogen) atoms. The maximum Gasteiger partial charge on any atom is 0.416 e. The molecule has 2 heterocycles. The van der Waals surface area contributed by atoms with Gasteiger partial charge in [0, 0.05) is 12.0 Å². The summed E-state index contributed by atoms with van der Waals surface area (Å²) in [5.41, 5.74) is 3.06. The third kappa shape index (κ3) is 6.03. The summed E-state index contributed by atoms with van der Waals surface area (Å²) in [5, 5.41) is 10.1. The number of halogens is 5. The van der Waals surface area contributed by atoms with Crippen LogP contribution in [0.3, 0.4) is 0 Å². The number of aryl methyl sites for hydroxylation is 2. The summed E-state index contributed by atoms with van der Waals surface area (Å²) in [4.78, 5) is 18.4. The van der Waals surface area contributed by atoms with E-state index in [4.69, 9.17) is 9.57 Å². The lowest BCUT2D eigenvalue weighted by Gasteiger charge is -2.21. The van der Waals surface area contributed by atoms with Crippen molar-refractivity contribution in [3.63, 3.8) is 0 Å². The Labute approximate surface area is 209 Å². The van der Waals surface area contributed by atoms with E-state index in [1.165, 1.54) is 12.1 Å². The molecule has 7 nitrogen and oxygen atoms in total. The van der Waals surface area contributed by atoms with Gasteiger partial charge in [-0.05, 0) is 43.2 Å². The lowest BCUT2D eigenvalue weighted by atomic mass is 10.00. The topological polar surface area (TPSA) is 85.4 Å². The van der Waals surface area contributed by atoms with E-state index in [0.29, 0.717) is 16.8 Å². The first-order valence-electron chi connectivity index (χ1n) is 11.3. The van der Waals surface area contributed by atoms with Gasteiger partial charge in [-0.1, -0.05) is 29.8 Å². The molecule has 0 atom stereocenters. The molecule has 0 fully saturated rings. The molecule has 2 N–H and O–H groups in total. The zero-order valence-electron chi connectivity index (χ0n) is 19.9. The second kappa shape index (κ2) is 10.4. The monoisotopic (exact) mass is 522 g/mol. The number of carbonyl (C=O) groups excluding carboxylic acids is 1. The van der Waals surface area contributed by atoms with Gasteiger partial charge in [-0.2, -0.15) is 32.5 Å². The molecule has 196 valence electrons. The smallest absolute Gasteiger partial charge is 0.416 e. The number of hydroxylamine groups is 1. The van der Waals surface area contributed by atoms with E-state index < -0.39 is 36.0 Å². The van der Waals surface area contributed by atoms with Crippen LogP contribution in [0.4, 0.5) is 22.0 Å². The van der Waals surface area contributed by atoms with Gasteiger partial charge in [-0.15, -0.1) is 5.10 Å². The Morgan fingerprint density at radius 3 is 2.62 bits per heavy atom. The lowest BCUT2D eigenvalue weighted by molar-refractivity contribution is -0.137. The summed E-state index contributed by atoms with van der Waals surface area (Å²) < 4.78 is 75.0. The number of hydrogen-bond donors (Lipinski definition) is 2. The van der Waals surface area contributed by atoms with E-state index in [1.54, 1.807) is 26.0 Å². The van der Waals surface area contributed by atoms with E-state index in [2.05, 4.69) is 21.0 Å². The first-order chi connectivity index (χ1) is 17.5. The molecule has 1 aliphatic heterocycles. The van der Waals surface area contributed by atoms with Crippen molar-refractivity contribution in [3.8, 4) is 11.6 Å². The first kappa shape index (κ1) is 26.4. The van der Waals surface area contributed by atoms with Gasteiger partial charge in [-0.3, -0.25) is 4.79 Å². The maximum atomic E-state index is 15.0. The van der Waals surface area contributed by atoms with Crippen molar-refractivity contribution in [2.75, 3.05) is 13.2 Å². The van der Waals surface area contributed by atoms with Gasteiger partial charge in [0.2, 0.25) is 0 Å². The molecular formula is C25H23F5N4O3. The van der Waals surface area contributed by atoms with Crippen molar-refractivity contribution >= 4 is 5.91 Å². The largest absolute Gasteiger partial charge is 0.437 e. The SMILES string of the molecule is Cc1ccc(C(F)(F)CNC(=O)c2c(Oc3cccc(C(F)(F)F)c3)nnc3c2CCONC3)c(C)c1. The molecule has 4 rings (SSSR count). The van der Waals surface area contributed by atoms with Gasteiger partial charge < -0.3 is 14.9 Å². The normalized spacial score (nSPS) is 14.0. The zero-order chi connectivity index (χ0) is 26.8. The van der Waals surface area contributed by atoms with Crippen molar-refractivity contribution in [2.24, 2.45) is 0 Å². The summed E-state index contributed by atoms with van der Waals surface area (Å²) in [6.07, 6.45) is -4.46. The molecule has 1 amide bonds. The van der Waals surface area contributed by atoms with Crippen LogP contribution in [0.5, 0.6) is 11.6 Å². The highest BCUT2D eigenvalue weighted by Crippen LogP contribution is 2.34. The molecule has 0 unspecified atom stereocenters. The predicted molar refractivity (Wildman–Crippen MR) is 122 cm³/mol. The third-order valence-electron chi connectivity index (χ3n) is 5.77. The van der Waals surface area contributed by atoms with Crippen molar-refractivity contribution in [1.29, 1.82) is 0 Å². The summed E-state index contributed by atoms with van der Waals surface area (Å²) in [5.74, 6) is -4.98. The Morgan fingerprint density at radius 2 is 1.89 bits per heavy atom. The number of benzene rings is 2. The van der Waals surface area contributed by atoms with Crippen molar-refractivity contribution in [2.45, 2.75) is 38.9 Å². The fourth-order valence-corrected chi connectivity index (χ4v) is 4.00. The van der Waals surface area contributed by atoms with Gasteiger partial charge in [0.05, 0.1) is 31.0 Å². The van der Waals surface area contributed by atoms with E-state index in [9.17, 15) is 18.0 Å². The lowest BCUT2D eigenvalue weighted by Crippen LogP contribution is -2.36. The molecule has 0 aliphatic carbocycles.